The molecule has 0 aromatic rings. The Bertz CT molecular complexity index is 348. The van der Waals surface area contributed by atoms with Crippen molar-refractivity contribution in [3.63, 3.8) is 0 Å². The summed E-state index contributed by atoms with van der Waals surface area (Å²) >= 11 is 0. The molecule has 0 saturated carbocycles. The molecular formula is C12H18N2NaO3+. The fourth-order valence-electron chi connectivity index (χ4n) is 2.30. The third kappa shape index (κ3) is 3.02. The minimum Gasteiger partial charge on any atom is -0.277 e. The maximum absolute atomic E-state index is 12.0. The molecule has 1 saturated heterocycles. The number of rotatable bonds is 5. The first-order valence-corrected chi connectivity index (χ1v) is 5.76. The number of carbonyl (C=O) groups excluding carboxylic acids is 3. The van der Waals surface area contributed by atoms with E-state index in [1.54, 1.807) is 6.08 Å². The number of carbonyl (C=O) groups is 3. The number of nitrogens with one attached hydrogen (secondary N) is 2. The Kier molecular flexibility index (Phi) is 6.81. The van der Waals surface area contributed by atoms with Crippen LogP contribution in [0.2, 0.25) is 0 Å². The van der Waals surface area contributed by atoms with Crippen molar-refractivity contribution in [2.45, 2.75) is 33.1 Å². The van der Waals surface area contributed by atoms with Crippen LogP contribution in [-0.2, 0) is 9.59 Å². The van der Waals surface area contributed by atoms with Gasteiger partial charge in [0.1, 0.15) is 5.41 Å². The summed E-state index contributed by atoms with van der Waals surface area (Å²) in [4.78, 5) is 35.1. The zero-order valence-corrected chi connectivity index (χ0v) is 13.2. The van der Waals surface area contributed by atoms with E-state index in [0.29, 0.717) is 0 Å². The van der Waals surface area contributed by atoms with Gasteiger partial charge in [0.05, 0.1) is 0 Å². The Morgan fingerprint density at radius 2 is 1.78 bits per heavy atom. The molecular weight excluding hydrogens is 243 g/mol. The number of allylic oxidation sites excluding steroid dienone is 1. The van der Waals surface area contributed by atoms with Crippen molar-refractivity contribution in [2.75, 3.05) is 0 Å². The van der Waals surface area contributed by atoms with Crippen LogP contribution in [-0.4, -0.2) is 17.8 Å². The van der Waals surface area contributed by atoms with Crippen LogP contribution in [0.15, 0.2) is 12.7 Å². The van der Waals surface area contributed by atoms with Gasteiger partial charge in [-0.2, -0.15) is 0 Å². The summed E-state index contributed by atoms with van der Waals surface area (Å²) < 4.78 is 0. The maximum atomic E-state index is 12.0. The fourth-order valence-corrected chi connectivity index (χ4v) is 2.30. The molecule has 0 aromatic carbocycles. The molecule has 2 N–H and O–H groups in total. The fraction of sp³-hybridized carbons (Fsp3) is 0.583. The van der Waals surface area contributed by atoms with Gasteiger partial charge in [-0.25, -0.2) is 4.79 Å². The maximum Gasteiger partial charge on any atom is 1.00 e. The first-order valence-electron chi connectivity index (χ1n) is 5.76. The molecule has 1 aliphatic heterocycles. The number of urea groups is 1. The van der Waals surface area contributed by atoms with Crippen LogP contribution in [0.3, 0.4) is 0 Å². The predicted octanol–water partition coefficient (Wildman–Crippen LogP) is -1.64. The molecule has 1 fully saturated rings. The molecule has 4 amide bonds. The van der Waals surface area contributed by atoms with Gasteiger partial charge in [-0.1, -0.05) is 26.3 Å². The van der Waals surface area contributed by atoms with E-state index in [0.717, 1.165) is 12.8 Å². The van der Waals surface area contributed by atoms with E-state index in [2.05, 4.69) is 17.2 Å². The second kappa shape index (κ2) is 7.07. The van der Waals surface area contributed by atoms with Crippen molar-refractivity contribution in [2.24, 2.45) is 11.3 Å². The molecule has 6 heteroatoms. The van der Waals surface area contributed by atoms with Crippen molar-refractivity contribution >= 4 is 17.8 Å². The molecule has 0 bridgehead atoms. The summed E-state index contributed by atoms with van der Waals surface area (Å²) in [6.07, 6.45) is 3.39. The third-order valence-corrected chi connectivity index (χ3v) is 3.29. The number of hydrogen-bond donors (Lipinski definition) is 2. The van der Waals surface area contributed by atoms with Gasteiger partial charge < -0.3 is 0 Å². The SMILES string of the molecule is C=CCC1(C(C)CCC)C(=O)NC(=O)NC1=O.[Na+]. The minimum atomic E-state index is -1.20. The van der Waals surface area contributed by atoms with Crippen LogP contribution in [0, 0.1) is 11.3 Å². The van der Waals surface area contributed by atoms with Gasteiger partial charge in [0.25, 0.3) is 0 Å². The van der Waals surface area contributed by atoms with Crippen LogP contribution >= 0.6 is 0 Å². The molecule has 94 valence electrons. The van der Waals surface area contributed by atoms with Crippen molar-refractivity contribution in [1.29, 1.82) is 0 Å². The molecule has 1 heterocycles. The molecule has 0 aliphatic carbocycles. The van der Waals surface area contributed by atoms with Gasteiger partial charge in [0.2, 0.25) is 11.8 Å². The van der Waals surface area contributed by atoms with Gasteiger partial charge in [0.15, 0.2) is 0 Å². The smallest absolute Gasteiger partial charge is 0.277 e. The molecule has 0 spiro atoms. The largest absolute Gasteiger partial charge is 1.00 e. The van der Waals surface area contributed by atoms with Gasteiger partial charge in [-0.3, -0.25) is 20.2 Å². The first kappa shape index (κ1) is 17.4. The summed E-state index contributed by atoms with van der Waals surface area (Å²) in [7, 11) is 0. The van der Waals surface area contributed by atoms with E-state index in [4.69, 9.17) is 0 Å². The summed E-state index contributed by atoms with van der Waals surface area (Å²) in [5.74, 6) is -1.18. The van der Waals surface area contributed by atoms with Gasteiger partial charge >= 0.3 is 35.6 Å². The van der Waals surface area contributed by atoms with Crippen LogP contribution in [0.1, 0.15) is 33.1 Å². The molecule has 5 nitrogen and oxygen atoms in total. The van der Waals surface area contributed by atoms with Gasteiger partial charge in [-0.05, 0) is 18.8 Å². The zero-order chi connectivity index (χ0) is 13.1. The average Bonchev–Trinajstić information content (AvgIpc) is 2.23. The quantitative estimate of drug-likeness (QED) is 0.354. The van der Waals surface area contributed by atoms with E-state index >= 15 is 0 Å². The summed E-state index contributed by atoms with van der Waals surface area (Å²) in [5, 5.41) is 4.33. The molecule has 1 atom stereocenters. The monoisotopic (exact) mass is 261 g/mol. The second-order valence-electron chi connectivity index (χ2n) is 4.39. The van der Waals surface area contributed by atoms with E-state index in [9.17, 15) is 14.4 Å². The molecule has 0 radical (unpaired) electrons. The Hall–Kier alpha value is -0.650. The van der Waals surface area contributed by atoms with Crippen LogP contribution < -0.4 is 40.2 Å². The molecule has 1 rings (SSSR count). The zero-order valence-electron chi connectivity index (χ0n) is 11.2. The van der Waals surface area contributed by atoms with Gasteiger partial charge in [-0.15, -0.1) is 6.58 Å². The Morgan fingerprint density at radius 3 is 2.17 bits per heavy atom. The van der Waals surface area contributed by atoms with Crippen molar-refractivity contribution in [1.82, 2.24) is 10.6 Å². The molecule has 0 aromatic heterocycles. The number of barbiturate groups is 1. The van der Waals surface area contributed by atoms with Crippen molar-refractivity contribution in [3.8, 4) is 0 Å². The first-order chi connectivity index (χ1) is 7.98. The van der Waals surface area contributed by atoms with E-state index in [1.807, 2.05) is 13.8 Å². The molecule has 18 heavy (non-hydrogen) atoms. The van der Waals surface area contributed by atoms with Crippen molar-refractivity contribution < 1.29 is 43.9 Å². The summed E-state index contributed by atoms with van der Waals surface area (Å²) in [6, 6.07) is -0.747. The van der Waals surface area contributed by atoms with Crippen LogP contribution in [0.25, 0.3) is 0 Å². The van der Waals surface area contributed by atoms with E-state index in [1.165, 1.54) is 0 Å². The Labute approximate surface area is 129 Å². The number of imide groups is 2. The van der Waals surface area contributed by atoms with Crippen LogP contribution in [0.4, 0.5) is 4.79 Å². The number of hydrogen-bond acceptors (Lipinski definition) is 3. The Morgan fingerprint density at radius 1 is 1.28 bits per heavy atom. The van der Waals surface area contributed by atoms with E-state index < -0.39 is 23.3 Å². The average molecular weight is 261 g/mol. The topological polar surface area (TPSA) is 75.3 Å². The van der Waals surface area contributed by atoms with Crippen molar-refractivity contribution in [3.05, 3.63) is 12.7 Å². The summed E-state index contributed by atoms with van der Waals surface area (Å²) in [5.41, 5.74) is -1.20. The molecule has 1 unspecified atom stereocenters. The number of amides is 4. The minimum absolute atomic E-state index is 0. The normalized spacial score (nSPS) is 19.3. The summed E-state index contributed by atoms with van der Waals surface area (Å²) in [6.45, 7) is 7.42. The van der Waals surface area contributed by atoms with Crippen LogP contribution in [0.5, 0.6) is 0 Å². The van der Waals surface area contributed by atoms with Gasteiger partial charge in [0, 0.05) is 0 Å². The Balaban J connectivity index is 0.00000289. The standard InChI is InChI=1S/C12H18N2O3.Na/c1-4-6-8(3)12(7-5-2)9(15)13-11(17)14-10(12)16;/h5,8H,2,4,6-7H2,1,3H3,(H2,13,14,15,16,17);/q;+1. The molecule has 1 aliphatic rings. The van der Waals surface area contributed by atoms with E-state index in [-0.39, 0.29) is 41.9 Å². The predicted molar refractivity (Wildman–Crippen MR) is 63.0 cm³/mol. The second-order valence-corrected chi connectivity index (χ2v) is 4.39. The third-order valence-electron chi connectivity index (χ3n) is 3.29.